The van der Waals surface area contributed by atoms with Gasteiger partial charge in [-0.2, -0.15) is 0 Å². The number of rotatable bonds is 3. The van der Waals surface area contributed by atoms with Crippen molar-refractivity contribution in [3.63, 3.8) is 0 Å². The van der Waals surface area contributed by atoms with E-state index in [0.29, 0.717) is 0 Å². The van der Waals surface area contributed by atoms with E-state index in [4.69, 9.17) is 0 Å². The molecule has 0 radical (unpaired) electrons. The number of nitro groups is 1. The number of hydrogen-bond donors (Lipinski definition) is 1. The van der Waals surface area contributed by atoms with Gasteiger partial charge in [-0.15, -0.1) is 0 Å². The number of nitrogens with one attached hydrogen (secondary N) is 1. The van der Waals surface area contributed by atoms with Crippen LogP contribution in [0.3, 0.4) is 0 Å². The zero-order valence-electron chi connectivity index (χ0n) is 8.50. The molecule has 0 unspecified atom stereocenters. The van der Waals surface area contributed by atoms with Crippen LogP contribution in [0.25, 0.3) is 0 Å². The lowest BCUT2D eigenvalue weighted by Gasteiger charge is -2.04. The molecule has 0 fully saturated rings. The summed E-state index contributed by atoms with van der Waals surface area (Å²) < 4.78 is 13.2. The molecule has 0 amide bonds. The first-order chi connectivity index (χ1) is 8.16. The molecule has 7 heteroatoms. The molecular weight excluding hydrogens is 227 g/mol. The van der Waals surface area contributed by atoms with Crippen molar-refractivity contribution in [2.45, 2.75) is 0 Å². The fourth-order valence-corrected chi connectivity index (χ4v) is 1.17. The summed E-state index contributed by atoms with van der Waals surface area (Å²) in [5.41, 5.74) is -0.128. The fourth-order valence-electron chi connectivity index (χ4n) is 1.17. The molecule has 0 saturated carbocycles. The van der Waals surface area contributed by atoms with E-state index in [1.807, 2.05) is 0 Å². The van der Waals surface area contributed by atoms with E-state index < -0.39 is 10.7 Å². The zero-order valence-corrected chi connectivity index (χ0v) is 8.50. The fraction of sp³-hybridized carbons (Fsp3) is 0. The van der Waals surface area contributed by atoms with Gasteiger partial charge in [0.2, 0.25) is 0 Å². The third-order valence-corrected chi connectivity index (χ3v) is 1.96. The summed E-state index contributed by atoms with van der Waals surface area (Å²) in [6, 6.07) is 5.37. The Morgan fingerprint density at radius 2 is 2.12 bits per heavy atom. The Labute approximate surface area is 95.3 Å². The highest BCUT2D eigenvalue weighted by atomic mass is 19.1. The summed E-state index contributed by atoms with van der Waals surface area (Å²) in [7, 11) is 0. The molecule has 2 aromatic rings. The number of hydrogen-bond acceptors (Lipinski definition) is 5. The molecule has 17 heavy (non-hydrogen) atoms. The average molecular weight is 234 g/mol. The molecule has 2 rings (SSSR count). The summed E-state index contributed by atoms with van der Waals surface area (Å²) >= 11 is 0. The van der Waals surface area contributed by atoms with Crippen molar-refractivity contribution in [3.8, 4) is 0 Å². The highest BCUT2D eigenvalue weighted by molar-refractivity contribution is 5.53. The minimum Gasteiger partial charge on any atom is -0.322 e. The van der Waals surface area contributed by atoms with Crippen LogP contribution in [0.2, 0.25) is 0 Å². The van der Waals surface area contributed by atoms with Crippen molar-refractivity contribution in [1.29, 1.82) is 0 Å². The average Bonchev–Trinajstić information content (AvgIpc) is 2.33. The van der Waals surface area contributed by atoms with Gasteiger partial charge in [0.25, 0.3) is 5.69 Å². The van der Waals surface area contributed by atoms with Crippen molar-refractivity contribution < 1.29 is 9.31 Å². The van der Waals surface area contributed by atoms with Gasteiger partial charge in [-0.25, -0.2) is 14.4 Å². The van der Waals surface area contributed by atoms with Crippen LogP contribution in [0.4, 0.5) is 21.7 Å². The Balaban J connectivity index is 2.20. The standard InChI is InChI=1S/C10H7FN4O2/c11-8-2-1-5-12-10(8)14-9-4-3-7(6-13-9)15(16)17/h1-6H,(H,12,13,14). The van der Waals surface area contributed by atoms with Crippen molar-refractivity contribution in [2.75, 3.05) is 5.32 Å². The molecule has 2 aromatic heterocycles. The second-order valence-electron chi connectivity index (χ2n) is 3.12. The highest BCUT2D eigenvalue weighted by Gasteiger charge is 2.07. The molecule has 0 aliphatic rings. The smallest absolute Gasteiger partial charge is 0.287 e. The van der Waals surface area contributed by atoms with Crippen molar-refractivity contribution in [3.05, 3.63) is 52.6 Å². The van der Waals surface area contributed by atoms with Gasteiger partial charge < -0.3 is 5.32 Å². The Hall–Kier alpha value is -2.57. The van der Waals surface area contributed by atoms with Gasteiger partial charge in [-0.05, 0) is 18.2 Å². The van der Waals surface area contributed by atoms with Gasteiger partial charge in [-0.3, -0.25) is 10.1 Å². The SMILES string of the molecule is O=[N+]([O-])c1ccc(Nc2ncccc2F)nc1. The summed E-state index contributed by atoms with van der Waals surface area (Å²) in [6.45, 7) is 0. The van der Waals surface area contributed by atoms with Gasteiger partial charge in [0.05, 0.1) is 4.92 Å². The van der Waals surface area contributed by atoms with Crippen LogP contribution >= 0.6 is 0 Å². The maximum absolute atomic E-state index is 13.2. The van der Waals surface area contributed by atoms with Crippen molar-refractivity contribution in [1.82, 2.24) is 9.97 Å². The quantitative estimate of drug-likeness (QED) is 0.650. The van der Waals surface area contributed by atoms with Gasteiger partial charge in [0, 0.05) is 12.3 Å². The van der Waals surface area contributed by atoms with Crippen molar-refractivity contribution in [2.24, 2.45) is 0 Å². The largest absolute Gasteiger partial charge is 0.322 e. The van der Waals surface area contributed by atoms with Crippen LogP contribution in [0.5, 0.6) is 0 Å². The summed E-state index contributed by atoms with van der Waals surface area (Å²) in [5.74, 6) is -0.213. The van der Waals surface area contributed by atoms with Crippen LogP contribution in [-0.2, 0) is 0 Å². The minimum atomic E-state index is -0.557. The second kappa shape index (κ2) is 4.52. The summed E-state index contributed by atoms with van der Waals surface area (Å²) in [5, 5.41) is 13.0. The van der Waals surface area contributed by atoms with Gasteiger partial charge in [-0.1, -0.05) is 0 Å². The Kier molecular flexibility index (Phi) is 2.91. The van der Waals surface area contributed by atoms with E-state index >= 15 is 0 Å². The molecule has 0 aliphatic heterocycles. The number of nitrogens with zero attached hydrogens (tertiary/aromatic N) is 3. The monoisotopic (exact) mass is 234 g/mol. The third-order valence-electron chi connectivity index (χ3n) is 1.96. The van der Waals surface area contributed by atoms with E-state index in [1.165, 1.54) is 30.5 Å². The van der Waals surface area contributed by atoms with Crippen molar-refractivity contribution >= 4 is 17.3 Å². The first-order valence-corrected chi connectivity index (χ1v) is 4.65. The van der Waals surface area contributed by atoms with E-state index in [0.717, 1.165) is 6.20 Å². The maximum atomic E-state index is 13.2. The molecule has 2 heterocycles. The molecule has 0 atom stereocenters. The van der Waals surface area contributed by atoms with Crippen LogP contribution in [0.15, 0.2) is 36.7 Å². The molecule has 86 valence electrons. The molecule has 0 aromatic carbocycles. The van der Waals surface area contributed by atoms with Gasteiger partial charge in [0.1, 0.15) is 12.0 Å². The predicted molar refractivity (Wildman–Crippen MR) is 58.4 cm³/mol. The second-order valence-corrected chi connectivity index (χ2v) is 3.12. The van der Waals surface area contributed by atoms with Crippen LogP contribution in [0, 0.1) is 15.9 Å². The number of halogens is 1. The zero-order chi connectivity index (χ0) is 12.3. The molecule has 6 nitrogen and oxygen atoms in total. The molecule has 0 saturated heterocycles. The Bertz CT molecular complexity index is 544. The van der Waals surface area contributed by atoms with E-state index in [1.54, 1.807) is 0 Å². The summed E-state index contributed by atoms with van der Waals surface area (Å²) in [6.07, 6.45) is 2.51. The lowest BCUT2D eigenvalue weighted by atomic mass is 10.4. The van der Waals surface area contributed by atoms with E-state index in [-0.39, 0.29) is 17.3 Å². The van der Waals surface area contributed by atoms with Gasteiger partial charge in [0.15, 0.2) is 11.6 Å². The van der Waals surface area contributed by atoms with E-state index in [9.17, 15) is 14.5 Å². The van der Waals surface area contributed by atoms with Gasteiger partial charge >= 0.3 is 0 Å². The first-order valence-electron chi connectivity index (χ1n) is 4.65. The van der Waals surface area contributed by atoms with Crippen LogP contribution in [0.1, 0.15) is 0 Å². The van der Waals surface area contributed by atoms with E-state index in [2.05, 4.69) is 15.3 Å². The lowest BCUT2D eigenvalue weighted by Crippen LogP contribution is -1.99. The maximum Gasteiger partial charge on any atom is 0.287 e. The summed E-state index contributed by atoms with van der Waals surface area (Å²) in [4.78, 5) is 17.4. The first kappa shape index (κ1) is 10.9. The molecule has 0 aliphatic carbocycles. The molecule has 1 N–H and O–H groups in total. The normalized spacial score (nSPS) is 9.94. The number of aromatic nitrogens is 2. The van der Waals surface area contributed by atoms with Crippen LogP contribution < -0.4 is 5.32 Å². The molecular formula is C10H7FN4O2. The molecule has 0 bridgehead atoms. The Morgan fingerprint density at radius 1 is 1.29 bits per heavy atom. The number of anilines is 2. The Morgan fingerprint density at radius 3 is 2.71 bits per heavy atom. The number of pyridine rings is 2. The predicted octanol–water partition coefficient (Wildman–Crippen LogP) is 2.27. The van der Waals surface area contributed by atoms with Crippen LogP contribution in [-0.4, -0.2) is 14.9 Å². The lowest BCUT2D eigenvalue weighted by molar-refractivity contribution is -0.385. The molecule has 0 spiro atoms. The minimum absolute atomic E-state index is 0.0221. The third kappa shape index (κ3) is 2.51. The highest BCUT2D eigenvalue weighted by Crippen LogP contribution is 2.17. The topological polar surface area (TPSA) is 81.0 Å².